The molecule has 1 aromatic carbocycles. The zero-order valence-corrected chi connectivity index (χ0v) is 14.0. The average molecular weight is 340 g/mol. The molecule has 0 aliphatic rings. The molecule has 3 rings (SSSR count). The number of ketones is 1. The molecular weight excluding hydrogens is 324 g/mol. The Hall–Kier alpha value is -3.29. The van der Waals surface area contributed by atoms with Crippen molar-refractivity contribution in [3.63, 3.8) is 0 Å². The maximum atomic E-state index is 11.9. The zero-order valence-electron chi connectivity index (χ0n) is 14.0. The van der Waals surface area contributed by atoms with Crippen molar-refractivity contribution in [1.29, 1.82) is 0 Å². The Kier molecular flexibility index (Phi) is 4.18. The summed E-state index contributed by atoms with van der Waals surface area (Å²) in [5.41, 5.74) is 2.16. The number of carboxylic acids is 1. The third kappa shape index (κ3) is 3.06. The van der Waals surface area contributed by atoms with Gasteiger partial charge in [0.15, 0.2) is 5.78 Å². The molecule has 0 unspecified atom stereocenters. The predicted octanol–water partition coefficient (Wildman–Crippen LogP) is 2.10. The third-order valence-electron chi connectivity index (χ3n) is 3.78. The van der Waals surface area contributed by atoms with Crippen molar-refractivity contribution < 1.29 is 19.4 Å². The molecule has 128 valence electrons. The van der Waals surface area contributed by atoms with Gasteiger partial charge in [0.25, 0.3) is 0 Å². The van der Waals surface area contributed by atoms with Crippen molar-refractivity contribution in [3.8, 4) is 16.9 Å². The molecular formula is C17H16N4O4. The SMILES string of the molecule is COc1cc2c(cc1-c1cnc(C)nc1)c(C(C)=O)nn2CC(=O)O. The molecule has 2 aromatic heterocycles. The summed E-state index contributed by atoms with van der Waals surface area (Å²) in [6.45, 7) is 2.83. The first-order valence-corrected chi connectivity index (χ1v) is 7.51. The summed E-state index contributed by atoms with van der Waals surface area (Å²) < 4.78 is 6.72. The molecule has 8 nitrogen and oxygen atoms in total. The second-order valence-electron chi connectivity index (χ2n) is 5.54. The number of Topliss-reactive ketones (excluding diaryl/α,β-unsaturated/α-hetero) is 1. The van der Waals surface area contributed by atoms with Crippen LogP contribution in [0, 0.1) is 6.92 Å². The van der Waals surface area contributed by atoms with Crippen LogP contribution in [-0.2, 0) is 11.3 Å². The van der Waals surface area contributed by atoms with Crippen LogP contribution in [0.4, 0.5) is 0 Å². The highest BCUT2D eigenvalue weighted by Gasteiger charge is 2.19. The molecule has 0 atom stereocenters. The van der Waals surface area contributed by atoms with E-state index in [0.717, 1.165) is 5.56 Å². The minimum absolute atomic E-state index is 0.216. The fourth-order valence-corrected chi connectivity index (χ4v) is 2.64. The van der Waals surface area contributed by atoms with Crippen LogP contribution in [0.25, 0.3) is 22.0 Å². The molecule has 0 amide bonds. The van der Waals surface area contributed by atoms with Gasteiger partial charge in [-0.25, -0.2) is 9.97 Å². The molecule has 1 N–H and O–H groups in total. The van der Waals surface area contributed by atoms with Gasteiger partial charge in [-0.15, -0.1) is 0 Å². The summed E-state index contributed by atoms with van der Waals surface area (Å²) in [6, 6.07) is 3.43. The molecule has 0 aliphatic carbocycles. The fraction of sp³-hybridized carbons (Fsp3) is 0.235. The van der Waals surface area contributed by atoms with Gasteiger partial charge in [0.1, 0.15) is 23.8 Å². The second kappa shape index (κ2) is 6.31. The maximum absolute atomic E-state index is 11.9. The van der Waals surface area contributed by atoms with Crippen LogP contribution in [0.1, 0.15) is 23.2 Å². The Labute approximate surface area is 143 Å². The van der Waals surface area contributed by atoms with Crippen LogP contribution in [0.5, 0.6) is 5.75 Å². The van der Waals surface area contributed by atoms with Crippen LogP contribution in [0.3, 0.4) is 0 Å². The van der Waals surface area contributed by atoms with E-state index in [-0.39, 0.29) is 18.0 Å². The second-order valence-corrected chi connectivity index (χ2v) is 5.54. The maximum Gasteiger partial charge on any atom is 0.325 e. The van der Waals surface area contributed by atoms with Crippen LogP contribution in [0.15, 0.2) is 24.5 Å². The molecule has 0 aliphatic heterocycles. The van der Waals surface area contributed by atoms with Gasteiger partial charge in [-0.3, -0.25) is 14.3 Å². The smallest absolute Gasteiger partial charge is 0.325 e. The van der Waals surface area contributed by atoms with Gasteiger partial charge in [0, 0.05) is 41.9 Å². The molecule has 0 bridgehead atoms. The molecule has 3 aromatic rings. The molecule has 8 heteroatoms. The van der Waals surface area contributed by atoms with Gasteiger partial charge < -0.3 is 9.84 Å². The molecule has 0 radical (unpaired) electrons. The van der Waals surface area contributed by atoms with Crippen molar-refractivity contribution in [2.24, 2.45) is 0 Å². The Morgan fingerprint density at radius 2 is 1.92 bits per heavy atom. The van der Waals surface area contributed by atoms with Crippen LogP contribution < -0.4 is 4.74 Å². The number of rotatable bonds is 5. The van der Waals surface area contributed by atoms with Crippen molar-refractivity contribution in [2.75, 3.05) is 7.11 Å². The summed E-state index contributed by atoms with van der Waals surface area (Å²) in [5, 5.41) is 13.8. The lowest BCUT2D eigenvalue weighted by Crippen LogP contribution is -2.10. The number of carbonyl (C=O) groups is 2. The summed E-state index contributed by atoms with van der Waals surface area (Å²) in [5.74, 6) is -0.135. The number of nitrogens with zero attached hydrogens (tertiary/aromatic N) is 4. The van der Waals surface area contributed by atoms with Crippen molar-refractivity contribution in [3.05, 3.63) is 36.0 Å². The highest BCUT2D eigenvalue weighted by Crippen LogP contribution is 2.35. The molecule has 2 heterocycles. The van der Waals surface area contributed by atoms with Crippen molar-refractivity contribution in [1.82, 2.24) is 19.7 Å². The molecule has 0 fully saturated rings. The van der Waals surface area contributed by atoms with Gasteiger partial charge >= 0.3 is 5.97 Å². The van der Waals surface area contributed by atoms with Crippen molar-refractivity contribution >= 4 is 22.7 Å². The van der Waals surface area contributed by atoms with Crippen LogP contribution >= 0.6 is 0 Å². The number of carboxylic acid groups (broad SMARTS) is 1. The first kappa shape index (κ1) is 16.6. The summed E-state index contributed by atoms with van der Waals surface area (Å²) >= 11 is 0. The highest BCUT2D eigenvalue weighted by molar-refractivity contribution is 6.06. The number of aliphatic carboxylic acids is 1. The monoisotopic (exact) mass is 340 g/mol. The number of fused-ring (bicyclic) bond motifs is 1. The lowest BCUT2D eigenvalue weighted by molar-refractivity contribution is -0.137. The number of carbonyl (C=O) groups excluding carboxylic acids is 1. The largest absolute Gasteiger partial charge is 0.496 e. The first-order valence-electron chi connectivity index (χ1n) is 7.51. The van der Waals surface area contributed by atoms with Gasteiger partial charge in [-0.1, -0.05) is 0 Å². The van der Waals surface area contributed by atoms with E-state index >= 15 is 0 Å². The molecule has 0 spiro atoms. The number of methoxy groups -OCH3 is 1. The van der Waals surface area contributed by atoms with E-state index in [9.17, 15) is 9.59 Å². The number of aromatic nitrogens is 4. The van der Waals surface area contributed by atoms with Gasteiger partial charge in [-0.05, 0) is 13.0 Å². The highest BCUT2D eigenvalue weighted by atomic mass is 16.5. The first-order chi connectivity index (χ1) is 11.9. The lowest BCUT2D eigenvalue weighted by Gasteiger charge is -2.10. The minimum Gasteiger partial charge on any atom is -0.496 e. The van der Waals surface area contributed by atoms with Crippen molar-refractivity contribution in [2.45, 2.75) is 20.4 Å². The minimum atomic E-state index is -1.05. The fourth-order valence-electron chi connectivity index (χ4n) is 2.64. The number of hydrogen-bond donors (Lipinski definition) is 1. The summed E-state index contributed by atoms with van der Waals surface area (Å²) in [7, 11) is 1.52. The van der Waals surface area contributed by atoms with E-state index in [4.69, 9.17) is 9.84 Å². The molecule has 25 heavy (non-hydrogen) atoms. The Balaban J connectivity index is 2.29. The van der Waals surface area contributed by atoms with E-state index < -0.39 is 5.97 Å². The summed E-state index contributed by atoms with van der Waals surface area (Å²) in [4.78, 5) is 31.4. The standard InChI is InChI=1S/C17H16N4O4/c1-9(22)17-13-4-12(11-6-18-10(2)19-7-11)15(25-3)5-14(13)21(20-17)8-16(23)24/h4-7H,8H2,1-3H3,(H,23,24). The summed E-state index contributed by atoms with van der Waals surface area (Å²) in [6.07, 6.45) is 3.34. The Morgan fingerprint density at radius 3 is 2.48 bits per heavy atom. The van der Waals surface area contributed by atoms with Gasteiger partial charge in [0.2, 0.25) is 0 Å². The van der Waals surface area contributed by atoms with Gasteiger partial charge in [0.05, 0.1) is 12.6 Å². The quantitative estimate of drug-likeness (QED) is 0.709. The average Bonchev–Trinajstić information content (AvgIpc) is 2.91. The lowest BCUT2D eigenvalue weighted by atomic mass is 10.0. The van der Waals surface area contributed by atoms with E-state index in [1.807, 2.05) is 0 Å². The Bertz CT molecular complexity index is 976. The third-order valence-corrected chi connectivity index (χ3v) is 3.78. The van der Waals surface area contributed by atoms with E-state index in [1.165, 1.54) is 18.7 Å². The van der Waals surface area contributed by atoms with E-state index in [2.05, 4.69) is 15.1 Å². The predicted molar refractivity (Wildman–Crippen MR) is 89.7 cm³/mol. The normalized spacial score (nSPS) is 10.8. The zero-order chi connectivity index (χ0) is 18.1. The number of benzene rings is 1. The molecule has 0 saturated heterocycles. The molecule has 0 saturated carbocycles. The van der Waals surface area contributed by atoms with Crippen LogP contribution in [0.2, 0.25) is 0 Å². The number of ether oxygens (including phenoxy) is 1. The van der Waals surface area contributed by atoms with E-state index in [0.29, 0.717) is 28.0 Å². The topological polar surface area (TPSA) is 107 Å². The van der Waals surface area contributed by atoms with Gasteiger partial charge in [-0.2, -0.15) is 5.10 Å². The Morgan fingerprint density at radius 1 is 1.24 bits per heavy atom. The van der Waals surface area contributed by atoms with E-state index in [1.54, 1.807) is 31.5 Å². The number of aryl methyl sites for hydroxylation is 1. The van der Waals surface area contributed by atoms with Crippen LogP contribution in [-0.4, -0.2) is 43.7 Å². The number of hydrogen-bond acceptors (Lipinski definition) is 6.